The monoisotopic (exact) mass is 550 g/mol. The minimum atomic E-state index is -1.54. The molecule has 0 N–H and O–H groups in total. The first-order chi connectivity index (χ1) is 17.7. The van der Waals surface area contributed by atoms with E-state index in [1.54, 1.807) is 23.6 Å². The Morgan fingerprint density at radius 1 is 0.892 bits per heavy atom. The first-order valence-corrected chi connectivity index (χ1v) is 14.4. The van der Waals surface area contributed by atoms with Crippen molar-refractivity contribution in [2.45, 2.75) is 39.7 Å². The van der Waals surface area contributed by atoms with Gasteiger partial charge in [-0.2, -0.15) is 0 Å². The maximum Gasteiger partial charge on any atom is 0.355 e. The van der Waals surface area contributed by atoms with Gasteiger partial charge in [-0.3, -0.25) is 0 Å². The Morgan fingerprint density at radius 2 is 1.49 bits per heavy atom. The lowest BCUT2D eigenvalue weighted by atomic mass is 9.85. The third kappa shape index (κ3) is 6.02. The summed E-state index contributed by atoms with van der Waals surface area (Å²) in [6.07, 6.45) is 1.81. The van der Waals surface area contributed by atoms with Crippen molar-refractivity contribution in [2.24, 2.45) is 0 Å². The number of halogens is 2. The topological polar surface area (TPSA) is 40.5 Å². The van der Waals surface area contributed by atoms with Gasteiger partial charge in [-0.05, 0) is 52.0 Å². The molecule has 4 nitrogen and oxygen atoms in total. The van der Waals surface area contributed by atoms with Crippen LogP contribution < -0.4 is 10.4 Å². The standard InChI is InChI=1S/C30H30Cl2NO3Si/c1-5-35-29(34)24-17-12-18-33(24)25-19-21(27(31)26(28(25)32)30(2,3)4)20-36-37(22-13-8-6-9-14-22)23-15-10-7-11-16-23/h6-19H,5,20H2,1-4H3. The molecular weight excluding hydrogens is 521 g/mol. The lowest BCUT2D eigenvalue weighted by Crippen LogP contribution is -2.44. The van der Waals surface area contributed by atoms with Crippen LogP contribution in [0.4, 0.5) is 0 Å². The van der Waals surface area contributed by atoms with Gasteiger partial charge in [0.1, 0.15) is 5.69 Å². The molecule has 1 radical (unpaired) electrons. The molecule has 0 aliphatic carbocycles. The van der Waals surface area contributed by atoms with E-state index < -0.39 is 15.0 Å². The molecule has 0 amide bonds. The number of aromatic nitrogens is 1. The van der Waals surface area contributed by atoms with Crippen LogP contribution in [0.5, 0.6) is 0 Å². The van der Waals surface area contributed by atoms with Crippen LogP contribution in [-0.2, 0) is 21.2 Å². The van der Waals surface area contributed by atoms with Crippen LogP contribution in [0.25, 0.3) is 5.69 Å². The summed E-state index contributed by atoms with van der Waals surface area (Å²) >= 11 is 14.0. The number of carbonyl (C=O) groups excluding carboxylic acids is 1. The summed E-state index contributed by atoms with van der Waals surface area (Å²) in [5.41, 5.74) is 2.34. The zero-order valence-corrected chi connectivity index (χ0v) is 23.9. The lowest BCUT2D eigenvalue weighted by molar-refractivity contribution is 0.0517. The molecule has 0 fully saturated rings. The SMILES string of the molecule is CCOC(=O)c1cccn1-c1cc(CO[Si](c2ccccc2)c2ccccc2)c(Cl)c(C(C)(C)C)c1Cl. The number of benzene rings is 3. The largest absolute Gasteiger partial charge is 0.461 e. The molecule has 0 atom stereocenters. The van der Waals surface area contributed by atoms with Gasteiger partial charge in [0.05, 0.1) is 28.9 Å². The van der Waals surface area contributed by atoms with E-state index in [1.165, 1.54) is 0 Å². The van der Waals surface area contributed by atoms with Gasteiger partial charge >= 0.3 is 5.97 Å². The van der Waals surface area contributed by atoms with Crippen LogP contribution >= 0.6 is 23.2 Å². The van der Waals surface area contributed by atoms with Crippen molar-refractivity contribution >= 4 is 48.6 Å². The molecule has 191 valence electrons. The fraction of sp³-hybridized carbons (Fsp3) is 0.233. The van der Waals surface area contributed by atoms with Crippen LogP contribution in [0.3, 0.4) is 0 Å². The van der Waals surface area contributed by atoms with Gasteiger partial charge in [-0.25, -0.2) is 4.79 Å². The number of carbonyl (C=O) groups is 1. The van der Waals surface area contributed by atoms with Gasteiger partial charge in [0, 0.05) is 6.20 Å². The number of esters is 1. The first kappa shape index (κ1) is 27.2. The molecule has 0 aliphatic heterocycles. The predicted octanol–water partition coefficient (Wildman–Crippen LogP) is 6.58. The van der Waals surface area contributed by atoms with Crippen LogP contribution in [0.2, 0.25) is 10.0 Å². The summed E-state index contributed by atoms with van der Waals surface area (Å²) in [4.78, 5) is 12.6. The maximum absolute atomic E-state index is 12.6. The molecule has 0 spiro atoms. The molecule has 37 heavy (non-hydrogen) atoms. The highest BCUT2D eigenvalue weighted by Gasteiger charge is 2.28. The fourth-order valence-corrected chi connectivity index (χ4v) is 7.26. The number of nitrogens with zero attached hydrogens (tertiary/aromatic N) is 1. The van der Waals surface area contributed by atoms with Crippen LogP contribution in [0.15, 0.2) is 85.1 Å². The van der Waals surface area contributed by atoms with E-state index in [4.69, 9.17) is 32.4 Å². The second kappa shape index (κ2) is 11.7. The van der Waals surface area contributed by atoms with Crippen molar-refractivity contribution in [1.82, 2.24) is 4.57 Å². The molecule has 0 bridgehead atoms. The fourth-order valence-electron chi connectivity index (χ4n) is 4.24. The molecule has 1 heterocycles. The molecule has 3 aromatic carbocycles. The van der Waals surface area contributed by atoms with E-state index in [-0.39, 0.29) is 12.0 Å². The van der Waals surface area contributed by atoms with Crippen LogP contribution in [-0.4, -0.2) is 26.2 Å². The number of hydrogen-bond acceptors (Lipinski definition) is 3. The van der Waals surface area contributed by atoms with E-state index in [0.29, 0.717) is 28.0 Å². The second-order valence-electron chi connectivity index (χ2n) is 9.64. The van der Waals surface area contributed by atoms with Crippen molar-refractivity contribution in [2.75, 3.05) is 6.61 Å². The zero-order chi connectivity index (χ0) is 26.6. The number of rotatable bonds is 8. The molecule has 4 rings (SSSR count). The van der Waals surface area contributed by atoms with Gasteiger partial charge in [-0.1, -0.05) is 105 Å². The van der Waals surface area contributed by atoms with Gasteiger partial charge in [0.25, 0.3) is 9.04 Å². The van der Waals surface area contributed by atoms with Crippen molar-refractivity contribution in [3.05, 3.63) is 112 Å². The van der Waals surface area contributed by atoms with E-state index in [0.717, 1.165) is 21.5 Å². The molecule has 4 aromatic rings. The van der Waals surface area contributed by atoms with Crippen LogP contribution in [0, 0.1) is 0 Å². The third-order valence-corrected chi connectivity index (χ3v) is 8.91. The summed E-state index contributed by atoms with van der Waals surface area (Å²) < 4.78 is 13.7. The van der Waals surface area contributed by atoms with Gasteiger partial charge in [0.15, 0.2) is 0 Å². The summed E-state index contributed by atoms with van der Waals surface area (Å²) in [6, 6.07) is 26.0. The molecule has 0 unspecified atom stereocenters. The van der Waals surface area contributed by atoms with Crippen LogP contribution in [0.1, 0.15) is 49.3 Å². The maximum atomic E-state index is 12.6. The predicted molar refractivity (Wildman–Crippen MR) is 153 cm³/mol. The number of ether oxygens (including phenoxy) is 1. The third-order valence-electron chi connectivity index (χ3n) is 5.94. The van der Waals surface area contributed by atoms with E-state index in [9.17, 15) is 4.79 Å². The Labute approximate surface area is 230 Å². The highest BCUT2D eigenvalue weighted by molar-refractivity contribution is 6.80. The van der Waals surface area contributed by atoms with Gasteiger partial charge in [0.2, 0.25) is 0 Å². The second-order valence-corrected chi connectivity index (χ2v) is 12.5. The Kier molecular flexibility index (Phi) is 8.60. The van der Waals surface area contributed by atoms with E-state index >= 15 is 0 Å². The molecule has 1 aromatic heterocycles. The Hall–Kier alpha value is -2.83. The average molecular weight is 552 g/mol. The van der Waals surface area contributed by atoms with Crippen molar-refractivity contribution in [1.29, 1.82) is 0 Å². The minimum Gasteiger partial charge on any atom is -0.461 e. The summed E-state index contributed by atoms with van der Waals surface area (Å²) in [5.74, 6) is -0.410. The summed E-state index contributed by atoms with van der Waals surface area (Å²) in [6.45, 7) is 8.57. The highest BCUT2D eigenvalue weighted by Crippen LogP contribution is 2.41. The molecule has 0 aliphatic rings. The molecule has 0 saturated carbocycles. The summed E-state index contributed by atoms with van der Waals surface area (Å²) in [5, 5.41) is 3.37. The van der Waals surface area contributed by atoms with Crippen molar-refractivity contribution < 1.29 is 14.0 Å². The van der Waals surface area contributed by atoms with E-state index in [2.05, 4.69) is 45.0 Å². The van der Waals surface area contributed by atoms with Gasteiger partial charge < -0.3 is 13.7 Å². The average Bonchev–Trinajstić information content (AvgIpc) is 3.36. The van der Waals surface area contributed by atoms with E-state index in [1.807, 2.05) is 48.7 Å². The Bertz CT molecular complexity index is 1330. The minimum absolute atomic E-state index is 0.286. The normalized spacial score (nSPS) is 11.6. The smallest absolute Gasteiger partial charge is 0.355 e. The Balaban J connectivity index is 1.79. The quantitative estimate of drug-likeness (QED) is 0.184. The Morgan fingerprint density at radius 3 is 2.03 bits per heavy atom. The molecule has 7 heteroatoms. The number of hydrogen-bond donors (Lipinski definition) is 0. The molecular formula is C30H30Cl2NO3Si. The van der Waals surface area contributed by atoms with Crippen molar-refractivity contribution in [3.63, 3.8) is 0 Å². The lowest BCUT2D eigenvalue weighted by Gasteiger charge is -2.27. The van der Waals surface area contributed by atoms with Crippen molar-refractivity contribution in [3.8, 4) is 5.69 Å². The first-order valence-electron chi connectivity index (χ1n) is 12.2. The molecule has 0 saturated heterocycles. The van der Waals surface area contributed by atoms with Gasteiger partial charge in [-0.15, -0.1) is 0 Å². The highest BCUT2D eigenvalue weighted by atomic mass is 35.5. The zero-order valence-electron chi connectivity index (χ0n) is 21.4. The summed E-state index contributed by atoms with van der Waals surface area (Å²) in [7, 11) is -1.54.